The van der Waals surface area contributed by atoms with Crippen LogP contribution >= 0.6 is 0 Å². The number of methoxy groups -OCH3 is 1. The molecule has 0 N–H and O–H groups in total. The number of carbonyl (C=O) groups excluding carboxylic acids is 1. The van der Waals surface area contributed by atoms with Crippen LogP contribution in [0, 0.1) is 0 Å². The fraction of sp³-hybridized carbons (Fsp3) is 0.625. The lowest BCUT2D eigenvalue weighted by Crippen LogP contribution is -2.40. The third-order valence-corrected chi connectivity index (χ3v) is 4.54. The second-order valence-corrected chi connectivity index (χ2v) is 6.19. The Labute approximate surface area is 141 Å². The lowest BCUT2D eigenvalue weighted by molar-refractivity contribution is -0.133. The van der Waals surface area contributed by atoms with E-state index in [0.29, 0.717) is 26.1 Å². The van der Waals surface area contributed by atoms with E-state index in [9.17, 15) is 4.79 Å². The first-order valence-electron chi connectivity index (χ1n) is 8.29. The van der Waals surface area contributed by atoms with E-state index in [-0.39, 0.29) is 11.8 Å². The van der Waals surface area contributed by atoms with Gasteiger partial charge in [-0.1, -0.05) is 0 Å². The zero-order valence-electron chi connectivity index (χ0n) is 14.3. The molecule has 0 aliphatic carbocycles. The topological polar surface area (TPSA) is 78.1 Å². The number of aromatic nitrogens is 5. The van der Waals surface area contributed by atoms with Crippen LogP contribution in [0.5, 0.6) is 0 Å². The van der Waals surface area contributed by atoms with E-state index in [4.69, 9.17) is 4.74 Å². The average Bonchev–Trinajstić information content (AvgIpc) is 3.24. The van der Waals surface area contributed by atoms with Crippen LogP contribution < -0.4 is 0 Å². The van der Waals surface area contributed by atoms with Crippen LogP contribution in [-0.2, 0) is 23.1 Å². The molecule has 0 radical (unpaired) electrons. The SMILES string of the molecule is COCCC(=O)N1CCC[C@H](c2nnc(Cn3ccnc3)n2C)C1. The molecule has 2 aromatic rings. The largest absolute Gasteiger partial charge is 0.384 e. The van der Waals surface area contributed by atoms with Gasteiger partial charge in [0.05, 0.1) is 25.9 Å². The maximum Gasteiger partial charge on any atom is 0.224 e. The second kappa shape index (κ2) is 7.57. The Morgan fingerprint density at radius 3 is 3.04 bits per heavy atom. The number of carbonyl (C=O) groups is 1. The monoisotopic (exact) mass is 332 g/mol. The predicted octanol–water partition coefficient (Wildman–Crippen LogP) is 0.802. The summed E-state index contributed by atoms with van der Waals surface area (Å²) in [6.45, 7) is 2.64. The molecule has 0 saturated carbocycles. The van der Waals surface area contributed by atoms with Gasteiger partial charge in [-0.2, -0.15) is 0 Å². The van der Waals surface area contributed by atoms with E-state index >= 15 is 0 Å². The minimum atomic E-state index is 0.155. The van der Waals surface area contributed by atoms with Crippen molar-refractivity contribution in [3.8, 4) is 0 Å². The molecule has 3 rings (SSSR count). The molecule has 1 aliphatic heterocycles. The Balaban J connectivity index is 1.67. The molecule has 1 aliphatic rings. The average molecular weight is 332 g/mol. The van der Waals surface area contributed by atoms with Gasteiger partial charge in [0, 0.05) is 45.6 Å². The number of piperidine rings is 1. The molecule has 8 nitrogen and oxygen atoms in total. The molecular weight excluding hydrogens is 308 g/mol. The van der Waals surface area contributed by atoms with Gasteiger partial charge in [-0.3, -0.25) is 4.79 Å². The van der Waals surface area contributed by atoms with Crippen molar-refractivity contribution in [2.45, 2.75) is 31.7 Å². The molecular formula is C16H24N6O2. The van der Waals surface area contributed by atoms with Crippen molar-refractivity contribution in [3.63, 3.8) is 0 Å². The summed E-state index contributed by atoms with van der Waals surface area (Å²) >= 11 is 0. The van der Waals surface area contributed by atoms with E-state index in [1.807, 2.05) is 27.3 Å². The number of likely N-dealkylation sites (tertiary alicyclic amines) is 1. The van der Waals surface area contributed by atoms with Crippen molar-refractivity contribution in [1.29, 1.82) is 0 Å². The smallest absolute Gasteiger partial charge is 0.224 e. The molecule has 24 heavy (non-hydrogen) atoms. The van der Waals surface area contributed by atoms with Gasteiger partial charge in [-0.05, 0) is 12.8 Å². The van der Waals surface area contributed by atoms with Gasteiger partial charge in [0.2, 0.25) is 5.91 Å². The number of hydrogen-bond acceptors (Lipinski definition) is 5. The van der Waals surface area contributed by atoms with Crippen LogP contribution in [0.4, 0.5) is 0 Å². The van der Waals surface area contributed by atoms with Crippen molar-refractivity contribution in [3.05, 3.63) is 30.4 Å². The Morgan fingerprint density at radius 1 is 1.42 bits per heavy atom. The summed E-state index contributed by atoms with van der Waals surface area (Å²) in [5, 5.41) is 8.72. The highest BCUT2D eigenvalue weighted by Crippen LogP contribution is 2.26. The highest BCUT2D eigenvalue weighted by atomic mass is 16.5. The number of hydrogen-bond donors (Lipinski definition) is 0. The van der Waals surface area contributed by atoms with Crippen molar-refractivity contribution in [2.24, 2.45) is 7.05 Å². The molecule has 0 aromatic carbocycles. The van der Waals surface area contributed by atoms with Gasteiger partial charge in [-0.25, -0.2) is 4.98 Å². The summed E-state index contributed by atoms with van der Waals surface area (Å²) in [6, 6.07) is 0. The molecule has 130 valence electrons. The highest BCUT2D eigenvalue weighted by molar-refractivity contribution is 5.76. The van der Waals surface area contributed by atoms with Gasteiger partial charge in [0.25, 0.3) is 0 Å². The standard InChI is InChI=1S/C16H24N6O2/c1-20-14(11-21-8-6-17-12-21)18-19-16(20)13-4-3-7-22(10-13)15(23)5-9-24-2/h6,8,12-13H,3-5,7,9-11H2,1-2H3/t13-/m0/s1. The number of ether oxygens (including phenoxy) is 1. The van der Waals surface area contributed by atoms with Crippen LogP contribution in [-0.4, -0.2) is 61.9 Å². The van der Waals surface area contributed by atoms with Gasteiger partial charge in [0.15, 0.2) is 5.82 Å². The summed E-state index contributed by atoms with van der Waals surface area (Å²) in [6.07, 6.45) is 7.89. The lowest BCUT2D eigenvalue weighted by atomic mass is 9.97. The maximum atomic E-state index is 12.2. The normalized spacial score (nSPS) is 18.1. The molecule has 0 unspecified atom stereocenters. The first-order chi connectivity index (χ1) is 11.7. The molecule has 0 bridgehead atoms. The number of imidazole rings is 1. The third kappa shape index (κ3) is 3.64. The molecule has 3 heterocycles. The molecule has 1 fully saturated rings. The minimum Gasteiger partial charge on any atom is -0.384 e. The fourth-order valence-corrected chi connectivity index (χ4v) is 3.17. The van der Waals surface area contributed by atoms with Gasteiger partial charge in [0.1, 0.15) is 5.82 Å². The van der Waals surface area contributed by atoms with Gasteiger partial charge in [-0.15, -0.1) is 10.2 Å². The minimum absolute atomic E-state index is 0.155. The third-order valence-electron chi connectivity index (χ3n) is 4.54. The predicted molar refractivity (Wildman–Crippen MR) is 87.4 cm³/mol. The van der Waals surface area contributed by atoms with Crippen LogP contribution in [0.2, 0.25) is 0 Å². The summed E-state index contributed by atoms with van der Waals surface area (Å²) in [7, 11) is 3.61. The van der Waals surface area contributed by atoms with Gasteiger partial charge >= 0.3 is 0 Å². The van der Waals surface area contributed by atoms with Crippen LogP contribution in [0.1, 0.15) is 36.8 Å². The highest BCUT2D eigenvalue weighted by Gasteiger charge is 2.28. The van der Waals surface area contributed by atoms with Crippen LogP contribution in [0.25, 0.3) is 0 Å². The summed E-state index contributed by atoms with van der Waals surface area (Å²) < 4.78 is 9.02. The van der Waals surface area contributed by atoms with Crippen molar-refractivity contribution in [1.82, 2.24) is 29.2 Å². The van der Waals surface area contributed by atoms with Gasteiger partial charge < -0.3 is 18.8 Å². The number of rotatable bonds is 6. The van der Waals surface area contributed by atoms with Crippen LogP contribution in [0.15, 0.2) is 18.7 Å². The molecule has 1 saturated heterocycles. The van der Waals surface area contributed by atoms with E-state index in [1.165, 1.54) is 0 Å². The molecule has 0 spiro atoms. The van der Waals surface area contributed by atoms with E-state index in [0.717, 1.165) is 31.0 Å². The van der Waals surface area contributed by atoms with Crippen LogP contribution in [0.3, 0.4) is 0 Å². The summed E-state index contributed by atoms with van der Waals surface area (Å²) in [5.41, 5.74) is 0. The Bertz CT molecular complexity index is 666. The Kier molecular flexibility index (Phi) is 5.24. The quantitative estimate of drug-likeness (QED) is 0.782. The summed E-state index contributed by atoms with van der Waals surface area (Å²) in [4.78, 5) is 18.2. The van der Waals surface area contributed by atoms with Crippen molar-refractivity contribution < 1.29 is 9.53 Å². The van der Waals surface area contributed by atoms with Crippen molar-refractivity contribution in [2.75, 3.05) is 26.8 Å². The Hall–Kier alpha value is -2.22. The molecule has 8 heteroatoms. The first kappa shape index (κ1) is 16.6. The first-order valence-corrected chi connectivity index (χ1v) is 8.29. The number of nitrogens with zero attached hydrogens (tertiary/aromatic N) is 6. The van der Waals surface area contributed by atoms with E-state index < -0.39 is 0 Å². The molecule has 1 atom stereocenters. The van der Waals surface area contributed by atoms with E-state index in [1.54, 1.807) is 19.6 Å². The van der Waals surface area contributed by atoms with E-state index in [2.05, 4.69) is 15.2 Å². The van der Waals surface area contributed by atoms with Crippen molar-refractivity contribution >= 4 is 5.91 Å². The zero-order chi connectivity index (χ0) is 16.9. The molecule has 2 aromatic heterocycles. The lowest BCUT2D eigenvalue weighted by Gasteiger charge is -2.32. The Morgan fingerprint density at radius 2 is 2.29 bits per heavy atom. The zero-order valence-corrected chi connectivity index (χ0v) is 14.3. The summed E-state index contributed by atoms with van der Waals surface area (Å²) in [5.74, 6) is 2.24. The maximum absolute atomic E-state index is 12.2. The fourth-order valence-electron chi connectivity index (χ4n) is 3.17. The second-order valence-electron chi connectivity index (χ2n) is 6.19. The molecule has 1 amide bonds. The number of amides is 1.